The first-order valence-corrected chi connectivity index (χ1v) is 13.7. The molecule has 1 amide bonds. The number of hydrogen-bond donors (Lipinski definition) is 2. The molecule has 0 bridgehead atoms. The van der Waals surface area contributed by atoms with Gasteiger partial charge in [-0.15, -0.1) is 0 Å². The second-order valence-corrected chi connectivity index (χ2v) is 10.7. The minimum Gasteiger partial charge on any atom is -0.383 e. The number of piperazine rings is 1. The summed E-state index contributed by atoms with van der Waals surface area (Å²) in [6, 6.07) is 16.7. The summed E-state index contributed by atoms with van der Waals surface area (Å²) in [4.78, 5) is 21.7. The van der Waals surface area contributed by atoms with Gasteiger partial charge in [0.25, 0.3) is 5.91 Å². The van der Waals surface area contributed by atoms with E-state index < -0.39 is 17.6 Å². The van der Waals surface area contributed by atoms with Crippen LogP contribution in [0.3, 0.4) is 0 Å². The molecular formula is C33H32F3N5O. The molecule has 0 radical (unpaired) electrons. The number of nitrogens with zero attached hydrogens (tertiary/aromatic N) is 3. The molecule has 0 aliphatic carbocycles. The van der Waals surface area contributed by atoms with Crippen LogP contribution in [0.5, 0.6) is 0 Å². The highest BCUT2D eigenvalue weighted by atomic mass is 19.4. The van der Waals surface area contributed by atoms with Crippen molar-refractivity contribution in [2.24, 2.45) is 0 Å². The van der Waals surface area contributed by atoms with Crippen LogP contribution in [0.1, 0.15) is 43.9 Å². The second kappa shape index (κ2) is 11.8. The molecule has 5 rings (SSSR count). The summed E-state index contributed by atoms with van der Waals surface area (Å²) in [6.45, 7) is 6.99. The van der Waals surface area contributed by atoms with E-state index in [-0.39, 0.29) is 23.4 Å². The van der Waals surface area contributed by atoms with Crippen molar-refractivity contribution in [3.8, 4) is 11.8 Å². The number of anilines is 2. The Hall–Kier alpha value is -4.39. The molecule has 3 N–H and O–H groups in total. The Morgan fingerprint density at radius 3 is 2.40 bits per heavy atom. The summed E-state index contributed by atoms with van der Waals surface area (Å²) in [6.07, 6.45) is -4.55. The first-order valence-electron chi connectivity index (χ1n) is 13.7. The Kier molecular flexibility index (Phi) is 8.21. The number of aromatic nitrogens is 1. The number of fused-ring (bicyclic) bond motifs is 1. The minimum atomic E-state index is -4.55. The number of rotatable bonds is 4. The van der Waals surface area contributed by atoms with Crippen LogP contribution in [0.25, 0.3) is 10.8 Å². The largest absolute Gasteiger partial charge is 0.416 e. The topological polar surface area (TPSA) is 74.5 Å². The van der Waals surface area contributed by atoms with E-state index in [9.17, 15) is 18.0 Å². The summed E-state index contributed by atoms with van der Waals surface area (Å²) in [7, 11) is 2.00. The van der Waals surface area contributed by atoms with E-state index in [1.807, 2.05) is 50.1 Å². The molecule has 42 heavy (non-hydrogen) atoms. The summed E-state index contributed by atoms with van der Waals surface area (Å²) in [5, 5.41) is 4.47. The van der Waals surface area contributed by atoms with Crippen LogP contribution in [0.15, 0.2) is 60.7 Å². The quantitative estimate of drug-likeness (QED) is 0.301. The number of hydrogen-bond acceptors (Lipinski definition) is 5. The molecule has 6 nitrogen and oxygen atoms in total. The normalized spacial score (nSPS) is 14.4. The van der Waals surface area contributed by atoms with E-state index in [2.05, 4.69) is 27.0 Å². The molecule has 0 atom stereocenters. The SMILES string of the molecule is Cc1ccc(C(=O)Nc2ccc(CN3CCN(C)CC3)c(C(F)(F)F)c2)cc1C#Cc1c(N)nc(C)c2ccccc12. The highest BCUT2D eigenvalue weighted by Gasteiger charge is 2.34. The van der Waals surface area contributed by atoms with Crippen LogP contribution in [-0.4, -0.2) is 53.9 Å². The fraction of sp³-hybridized carbons (Fsp3) is 0.273. The number of nitrogens with one attached hydrogen (secondary N) is 1. The van der Waals surface area contributed by atoms with Crippen molar-refractivity contribution in [2.45, 2.75) is 26.6 Å². The molecule has 1 saturated heterocycles. The Balaban J connectivity index is 1.39. The van der Waals surface area contributed by atoms with Crippen molar-refractivity contribution in [3.63, 3.8) is 0 Å². The van der Waals surface area contributed by atoms with Gasteiger partial charge in [-0.1, -0.05) is 48.2 Å². The molecule has 216 valence electrons. The van der Waals surface area contributed by atoms with Crippen LogP contribution in [0.2, 0.25) is 0 Å². The van der Waals surface area contributed by atoms with Gasteiger partial charge in [-0.25, -0.2) is 4.98 Å². The van der Waals surface area contributed by atoms with Crippen LogP contribution in [-0.2, 0) is 12.7 Å². The predicted molar refractivity (Wildman–Crippen MR) is 160 cm³/mol. The van der Waals surface area contributed by atoms with Gasteiger partial charge in [-0.05, 0) is 56.3 Å². The highest BCUT2D eigenvalue weighted by Crippen LogP contribution is 2.35. The predicted octanol–water partition coefficient (Wildman–Crippen LogP) is 5.85. The smallest absolute Gasteiger partial charge is 0.383 e. The molecule has 4 aromatic rings. The first kappa shape index (κ1) is 29.1. The lowest BCUT2D eigenvalue weighted by molar-refractivity contribution is -0.138. The number of carbonyl (C=O) groups excluding carboxylic acids is 1. The van der Waals surface area contributed by atoms with Gasteiger partial charge < -0.3 is 16.0 Å². The van der Waals surface area contributed by atoms with Crippen LogP contribution in [0.4, 0.5) is 24.7 Å². The monoisotopic (exact) mass is 571 g/mol. The van der Waals surface area contributed by atoms with E-state index >= 15 is 0 Å². The number of aryl methyl sites for hydroxylation is 2. The van der Waals surface area contributed by atoms with Crippen molar-refractivity contribution >= 4 is 28.2 Å². The standard InChI is InChI=1S/C33H32F3N5O/c1-21-8-9-24(18-23(21)11-13-29-28-7-5-4-6-27(28)22(2)38-31(29)37)32(42)39-26-12-10-25(30(19-26)33(34,35)36)20-41-16-14-40(3)15-17-41/h4-10,12,18-19H,14-17,20H2,1-3H3,(H2,37,38)(H,39,42). The van der Waals surface area contributed by atoms with Gasteiger partial charge in [-0.2, -0.15) is 13.2 Å². The first-order chi connectivity index (χ1) is 20.0. The number of nitrogens with two attached hydrogens (primary N) is 1. The number of nitrogen functional groups attached to an aromatic ring is 1. The van der Waals surface area contributed by atoms with Gasteiger partial charge >= 0.3 is 6.18 Å². The molecule has 0 unspecified atom stereocenters. The maximum absolute atomic E-state index is 14.0. The van der Waals surface area contributed by atoms with Crippen molar-refractivity contribution in [1.82, 2.24) is 14.8 Å². The Bertz CT molecular complexity index is 1710. The number of benzene rings is 3. The van der Waals surface area contributed by atoms with Gasteiger partial charge in [0.15, 0.2) is 0 Å². The number of alkyl halides is 3. The summed E-state index contributed by atoms with van der Waals surface area (Å²) < 4.78 is 42.0. The van der Waals surface area contributed by atoms with E-state index in [0.29, 0.717) is 30.0 Å². The average Bonchev–Trinajstić information content (AvgIpc) is 2.95. The lowest BCUT2D eigenvalue weighted by atomic mass is 10.0. The summed E-state index contributed by atoms with van der Waals surface area (Å²) in [5.74, 6) is 6.03. The van der Waals surface area contributed by atoms with Crippen LogP contribution in [0, 0.1) is 25.7 Å². The number of carbonyl (C=O) groups is 1. The van der Waals surface area contributed by atoms with Gasteiger partial charge in [0, 0.05) is 66.0 Å². The molecule has 9 heteroatoms. The third-order valence-electron chi connectivity index (χ3n) is 7.62. The van der Waals surface area contributed by atoms with E-state index in [1.54, 1.807) is 18.2 Å². The summed E-state index contributed by atoms with van der Waals surface area (Å²) in [5.41, 5.74) is 8.86. The van der Waals surface area contributed by atoms with Gasteiger partial charge in [0.05, 0.1) is 11.1 Å². The number of halogens is 3. The molecule has 2 heterocycles. The van der Waals surface area contributed by atoms with E-state index in [0.717, 1.165) is 41.2 Å². The zero-order valence-electron chi connectivity index (χ0n) is 23.8. The fourth-order valence-electron chi connectivity index (χ4n) is 5.12. The molecule has 1 fully saturated rings. The Morgan fingerprint density at radius 2 is 1.69 bits per heavy atom. The van der Waals surface area contributed by atoms with Crippen molar-refractivity contribution in [1.29, 1.82) is 0 Å². The Morgan fingerprint density at radius 1 is 0.976 bits per heavy atom. The molecule has 0 spiro atoms. The maximum Gasteiger partial charge on any atom is 0.416 e. The van der Waals surface area contributed by atoms with Crippen LogP contribution < -0.4 is 11.1 Å². The van der Waals surface area contributed by atoms with E-state index in [1.165, 1.54) is 12.1 Å². The van der Waals surface area contributed by atoms with Gasteiger partial charge in [-0.3, -0.25) is 9.69 Å². The molecule has 1 aliphatic rings. The Labute approximate surface area is 243 Å². The second-order valence-electron chi connectivity index (χ2n) is 10.7. The van der Waals surface area contributed by atoms with Gasteiger partial charge in [0.2, 0.25) is 0 Å². The van der Waals surface area contributed by atoms with Crippen molar-refractivity contribution < 1.29 is 18.0 Å². The third kappa shape index (κ3) is 6.40. The molecule has 1 aliphatic heterocycles. The van der Waals surface area contributed by atoms with E-state index in [4.69, 9.17) is 5.73 Å². The average molecular weight is 572 g/mol. The molecule has 3 aromatic carbocycles. The zero-order chi connectivity index (χ0) is 30.0. The van der Waals surface area contributed by atoms with Crippen molar-refractivity contribution in [2.75, 3.05) is 44.3 Å². The molecular weight excluding hydrogens is 539 g/mol. The lowest BCUT2D eigenvalue weighted by Gasteiger charge is -2.33. The summed E-state index contributed by atoms with van der Waals surface area (Å²) >= 11 is 0. The van der Waals surface area contributed by atoms with Crippen molar-refractivity contribution in [3.05, 3.63) is 99.7 Å². The minimum absolute atomic E-state index is 0.0765. The number of likely N-dealkylation sites (N-methyl/N-ethyl adjacent to an activating group) is 1. The van der Waals surface area contributed by atoms with Gasteiger partial charge in [0.1, 0.15) is 5.82 Å². The van der Waals surface area contributed by atoms with Crippen LogP contribution >= 0.6 is 0 Å². The fourth-order valence-corrected chi connectivity index (χ4v) is 5.12. The maximum atomic E-state index is 14.0. The number of pyridine rings is 1. The number of amides is 1. The molecule has 1 aromatic heterocycles. The third-order valence-corrected chi connectivity index (χ3v) is 7.62. The molecule has 0 saturated carbocycles. The zero-order valence-corrected chi connectivity index (χ0v) is 23.8. The lowest BCUT2D eigenvalue weighted by Crippen LogP contribution is -2.44. The highest BCUT2D eigenvalue weighted by molar-refractivity contribution is 6.04.